The third-order valence-electron chi connectivity index (χ3n) is 3.88. The van der Waals surface area contributed by atoms with Crippen LogP contribution in [0, 0.1) is 0 Å². The van der Waals surface area contributed by atoms with Gasteiger partial charge >= 0.3 is 0 Å². The first kappa shape index (κ1) is 19.5. The predicted molar refractivity (Wildman–Crippen MR) is 108 cm³/mol. The van der Waals surface area contributed by atoms with Crippen molar-refractivity contribution in [2.24, 2.45) is 0 Å². The van der Waals surface area contributed by atoms with Gasteiger partial charge in [-0.3, -0.25) is 4.79 Å². The second-order valence-corrected chi connectivity index (χ2v) is 7.01. The highest BCUT2D eigenvalue weighted by molar-refractivity contribution is 6.45. The normalized spacial score (nSPS) is 10.8. The van der Waals surface area contributed by atoms with Crippen LogP contribution >= 0.6 is 34.8 Å². The van der Waals surface area contributed by atoms with Gasteiger partial charge in [0.2, 0.25) is 0 Å². The summed E-state index contributed by atoms with van der Waals surface area (Å²) in [5.74, 6) is -0.129. The number of carbonyl (C=O) groups excluding carboxylic acids is 1. The van der Waals surface area contributed by atoms with Gasteiger partial charge in [0.15, 0.2) is 0 Å². The Morgan fingerprint density at radius 1 is 1.19 bits per heavy atom. The minimum atomic E-state index is -0.297. The third-order valence-corrected chi connectivity index (χ3v) is 4.90. The molecule has 0 aliphatic rings. The van der Waals surface area contributed by atoms with Gasteiger partial charge in [-0.15, -0.1) is 0 Å². The van der Waals surface area contributed by atoms with Crippen LogP contribution in [0.3, 0.4) is 0 Å². The van der Waals surface area contributed by atoms with Gasteiger partial charge in [-0.2, -0.15) is 0 Å². The van der Waals surface area contributed by atoms with Crippen molar-refractivity contribution >= 4 is 46.5 Å². The van der Waals surface area contributed by atoms with E-state index in [1.165, 1.54) is 0 Å². The van der Waals surface area contributed by atoms with E-state index in [0.29, 0.717) is 32.7 Å². The number of rotatable bonds is 6. The Labute approximate surface area is 171 Å². The summed E-state index contributed by atoms with van der Waals surface area (Å²) in [6, 6.07) is 6.46. The fourth-order valence-corrected chi connectivity index (χ4v) is 3.26. The molecule has 0 aliphatic carbocycles. The molecule has 0 spiro atoms. The van der Waals surface area contributed by atoms with Crippen molar-refractivity contribution in [1.82, 2.24) is 19.9 Å². The van der Waals surface area contributed by atoms with Crippen LogP contribution in [0.5, 0.6) is 0 Å². The topological polar surface area (TPSA) is 85.8 Å². The van der Waals surface area contributed by atoms with Crippen LogP contribution < -0.4 is 11.1 Å². The van der Waals surface area contributed by atoms with Crippen molar-refractivity contribution in [3.8, 4) is 11.1 Å². The quantitative estimate of drug-likeness (QED) is 0.456. The summed E-state index contributed by atoms with van der Waals surface area (Å²) in [7, 11) is 0. The molecule has 0 bridgehead atoms. The van der Waals surface area contributed by atoms with E-state index in [9.17, 15) is 4.79 Å². The molecule has 0 aliphatic heterocycles. The van der Waals surface area contributed by atoms with Crippen molar-refractivity contribution in [3.63, 3.8) is 0 Å². The van der Waals surface area contributed by atoms with Crippen LogP contribution in [-0.4, -0.2) is 27.0 Å². The number of nitrogens with two attached hydrogens (primary N) is 1. The standard InChI is InChI=1S/C18H16Cl3N5O/c19-11-8-13(16(21)14(20)9-11)12-2-3-15(25-17(12)22)18(27)24-4-1-6-26-7-5-23-10-26/h2-3,5,7-10H,1,4,6H2,(H2,22,25)(H,24,27). The maximum absolute atomic E-state index is 12.3. The molecule has 27 heavy (non-hydrogen) atoms. The molecular weight excluding hydrogens is 409 g/mol. The Morgan fingerprint density at radius 2 is 2.00 bits per heavy atom. The number of hydrogen-bond donors (Lipinski definition) is 2. The number of pyridine rings is 1. The Morgan fingerprint density at radius 3 is 2.70 bits per heavy atom. The number of nitrogens with one attached hydrogen (secondary N) is 1. The van der Waals surface area contributed by atoms with Gasteiger partial charge in [-0.25, -0.2) is 9.97 Å². The van der Waals surface area contributed by atoms with Crippen LogP contribution in [0.1, 0.15) is 16.9 Å². The number of imidazole rings is 1. The lowest BCUT2D eigenvalue weighted by molar-refractivity contribution is 0.0948. The molecule has 140 valence electrons. The molecule has 3 rings (SSSR count). The molecule has 0 radical (unpaired) electrons. The summed E-state index contributed by atoms with van der Waals surface area (Å²) in [5, 5.41) is 3.89. The van der Waals surface area contributed by atoms with Crippen LogP contribution in [0.15, 0.2) is 43.0 Å². The summed E-state index contributed by atoms with van der Waals surface area (Å²) in [6.45, 7) is 1.28. The molecule has 1 aromatic carbocycles. The van der Waals surface area contributed by atoms with E-state index in [1.807, 2.05) is 10.8 Å². The van der Waals surface area contributed by atoms with Crippen LogP contribution in [-0.2, 0) is 6.54 Å². The van der Waals surface area contributed by atoms with Gasteiger partial charge in [-0.1, -0.05) is 34.8 Å². The zero-order valence-electron chi connectivity index (χ0n) is 14.1. The first-order valence-electron chi connectivity index (χ1n) is 8.11. The van der Waals surface area contributed by atoms with E-state index in [1.54, 1.807) is 36.8 Å². The molecule has 0 saturated heterocycles. The number of carbonyl (C=O) groups is 1. The second-order valence-electron chi connectivity index (χ2n) is 5.79. The SMILES string of the molecule is Nc1nc(C(=O)NCCCn2ccnc2)ccc1-c1cc(Cl)cc(Cl)c1Cl. The summed E-state index contributed by atoms with van der Waals surface area (Å²) in [4.78, 5) is 20.4. The zero-order chi connectivity index (χ0) is 19.4. The molecule has 0 saturated carbocycles. The number of nitrogens with zero attached hydrogens (tertiary/aromatic N) is 3. The monoisotopic (exact) mass is 423 g/mol. The van der Waals surface area contributed by atoms with E-state index in [-0.39, 0.29) is 17.4 Å². The average Bonchev–Trinajstić information content (AvgIpc) is 3.15. The molecule has 0 fully saturated rings. The fourth-order valence-electron chi connectivity index (χ4n) is 2.55. The maximum Gasteiger partial charge on any atom is 0.269 e. The molecule has 6 nitrogen and oxygen atoms in total. The fraction of sp³-hybridized carbons (Fsp3) is 0.167. The summed E-state index contributed by atoms with van der Waals surface area (Å²) < 4.78 is 1.94. The van der Waals surface area contributed by atoms with Crippen molar-refractivity contribution < 1.29 is 4.79 Å². The first-order chi connectivity index (χ1) is 13.0. The van der Waals surface area contributed by atoms with Crippen molar-refractivity contribution in [3.05, 3.63) is 63.7 Å². The molecule has 2 heterocycles. The van der Waals surface area contributed by atoms with Crippen LogP contribution in [0.2, 0.25) is 15.1 Å². The van der Waals surface area contributed by atoms with Gasteiger partial charge < -0.3 is 15.6 Å². The van der Waals surface area contributed by atoms with Gasteiger partial charge in [0.25, 0.3) is 5.91 Å². The van der Waals surface area contributed by atoms with Crippen molar-refractivity contribution in [2.45, 2.75) is 13.0 Å². The number of aryl methyl sites for hydroxylation is 1. The van der Waals surface area contributed by atoms with Crippen LogP contribution in [0.25, 0.3) is 11.1 Å². The molecule has 2 aromatic heterocycles. The number of aromatic nitrogens is 3. The lowest BCUT2D eigenvalue weighted by atomic mass is 10.1. The van der Waals surface area contributed by atoms with E-state index >= 15 is 0 Å². The zero-order valence-corrected chi connectivity index (χ0v) is 16.4. The predicted octanol–water partition coefficient (Wildman–Crippen LogP) is 4.31. The van der Waals surface area contributed by atoms with Crippen LogP contribution in [0.4, 0.5) is 5.82 Å². The summed E-state index contributed by atoms with van der Waals surface area (Å²) >= 11 is 18.3. The van der Waals surface area contributed by atoms with Gasteiger partial charge in [-0.05, 0) is 30.7 Å². The second kappa shape index (κ2) is 8.61. The number of hydrogen-bond acceptors (Lipinski definition) is 4. The highest BCUT2D eigenvalue weighted by Gasteiger charge is 2.15. The number of nitrogen functional groups attached to an aromatic ring is 1. The van der Waals surface area contributed by atoms with Crippen molar-refractivity contribution in [2.75, 3.05) is 12.3 Å². The number of halogens is 3. The lowest BCUT2D eigenvalue weighted by Crippen LogP contribution is -2.26. The molecule has 0 atom stereocenters. The highest BCUT2D eigenvalue weighted by atomic mass is 35.5. The Balaban J connectivity index is 1.68. The first-order valence-corrected chi connectivity index (χ1v) is 9.24. The van der Waals surface area contributed by atoms with Gasteiger partial charge in [0.1, 0.15) is 11.5 Å². The van der Waals surface area contributed by atoms with E-state index in [0.717, 1.165) is 13.0 Å². The highest BCUT2D eigenvalue weighted by Crippen LogP contribution is 2.38. The molecule has 0 unspecified atom stereocenters. The molecular formula is C18H16Cl3N5O. The lowest BCUT2D eigenvalue weighted by Gasteiger charge is -2.11. The average molecular weight is 425 g/mol. The Kier molecular flexibility index (Phi) is 6.21. The maximum atomic E-state index is 12.3. The number of amides is 1. The summed E-state index contributed by atoms with van der Waals surface area (Å²) in [6.07, 6.45) is 6.09. The largest absolute Gasteiger partial charge is 0.383 e. The minimum absolute atomic E-state index is 0.168. The summed E-state index contributed by atoms with van der Waals surface area (Å²) in [5.41, 5.74) is 7.38. The third kappa shape index (κ3) is 4.71. The van der Waals surface area contributed by atoms with Crippen molar-refractivity contribution in [1.29, 1.82) is 0 Å². The molecule has 9 heteroatoms. The Hall–Kier alpha value is -2.28. The van der Waals surface area contributed by atoms with Gasteiger partial charge in [0, 0.05) is 41.6 Å². The minimum Gasteiger partial charge on any atom is -0.383 e. The Bertz CT molecular complexity index is 960. The van der Waals surface area contributed by atoms with E-state index in [2.05, 4.69) is 15.3 Å². The van der Waals surface area contributed by atoms with Gasteiger partial charge in [0.05, 0.1) is 16.4 Å². The van der Waals surface area contributed by atoms with E-state index < -0.39 is 0 Å². The smallest absolute Gasteiger partial charge is 0.269 e. The molecule has 3 N–H and O–H groups in total. The molecule has 3 aromatic rings. The van der Waals surface area contributed by atoms with E-state index in [4.69, 9.17) is 40.5 Å². The number of anilines is 1. The molecule has 1 amide bonds. The number of benzene rings is 1.